The van der Waals surface area contributed by atoms with Crippen LogP contribution in [0.1, 0.15) is 41.0 Å². The Bertz CT molecular complexity index is 1130. The molecule has 5 rings (SSSR count). The topological polar surface area (TPSA) is 75.6 Å². The van der Waals surface area contributed by atoms with Crippen LogP contribution in [0.4, 0.5) is 4.79 Å². The van der Waals surface area contributed by atoms with Crippen LogP contribution in [0.3, 0.4) is 0 Å². The molecule has 0 saturated heterocycles. The standard InChI is InChI=1S/C26H23NO4/c28-24(29)26(15-7-9-17-8-1-6-14-23(17)26)27-25(30)31-16-22-20-12-4-2-10-18(20)19-11-3-5-13-21(19)22/h1-6,8,10-14,22H,7,9,15-16H2,(H,27,30)(H,28,29)/t26-/m0/s1. The lowest BCUT2D eigenvalue weighted by Gasteiger charge is -2.35. The Kier molecular flexibility index (Phi) is 4.74. The van der Waals surface area contributed by atoms with Crippen LogP contribution < -0.4 is 5.32 Å². The normalized spacial score (nSPS) is 19.1. The van der Waals surface area contributed by atoms with E-state index in [4.69, 9.17) is 4.74 Å². The Labute approximate surface area is 180 Å². The SMILES string of the molecule is O=C(N[C@@]1(C(=O)O)CCCc2ccccc21)OCC1c2ccccc2-c2ccccc21. The van der Waals surface area contributed by atoms with Gasteiger partial charge in [0.25, 0.3) is 0 Å². The van der Waals surface area contributed by atoms with Gasteiger partial charge < -0.3 is 15.2 Å². The summed E-state index contributed by atoms with van der Waals surface area (Å²) in [5, 5.41) is 12.8. The molecule has 5 nitrogen and oxygen atoms in total. The number of aliphatic carboxylic acids is 1. The van der Waals surface area contributed by atoms with Crippen LogP contribution in [0.5, 0.6) is 0 Å². The molecule has 0 saturated carbocycles. The van der Waals surface area contributed by atoms with E-state index < -0.39 is 17.6 Å². The van der Waals surface area contributed by atoms with E-state index in [0.29, 0.717) is 18.4 Å². The molecule has 5 heteroatoms. The lowest BCUT2D eigenvalue weighted by atomic mass is 9.76. The maximum Gasteiger partial charge on any atom is 0.408 e. The number of amides is 1. The third kappa shape index (κ3) is 3.17. The molecule has 0 aliphatic heterocycles. The lowest BCUT2D eigenvalue weighted by Crippen LogP contribution is -2.53. The fourth-order valence-electron chi connectivity index (χ4n) is 5.05. The first kappa shape index (κ1) is 19.4. The quantitative estimate of drug-likeness (QED) is 0.642. The third-order valence-corrected chi connectivity index (χ3v) is 6.50. The van der Waals surface area contributed by atoms with Crippen LogP contribution in [-0.4, -0.2) is 23.8 Å². The number of carbonyl (C=O) groups is 2. The van der Waals surface area contributed by atoms with E-state index in [2.05, 4.69) is 29.6 Å². The highest BCUT2D eigenvalue weighted by atomic mass is 16.5. The van der Waals surface area contributed by atoms with Gasteiger partial charge in [-0.1, -0.05) is 72.8 Å². The highest BCUT2D eigenvalue weighted by Gasteiger charge is 2.45. The first-order chi connectivity index (χ1) is 15.1. The number of benzene rings is 3. The van der Waals surface area contributed by atoms with Gasteiger partial charge in [-0.15, -0.1) is 0 Å². The summed E-state index contributed by atoms with van der Waals surface area (Å²) in [4.78, 5) is 25.1. The summed E-state index contributed by atoms with van der Waals surface area (Å²) in [6.07, 6.45) is 1.12. The van der Waals surface area contributed by atoms with Gasteiger partial charge in [0, 0.05) is 5.92 Å². The Morgan fingerprint density at radius 2 is 1.55 bits per heavy atom. The second-order valence-electron chi connectivity index (χ2n) is 8.17. The summed E-state index contributed by atoms with van der Waals surface area (Å²) in [7, 11) is 0. The van der Waals surface area contributed by atoms with Crippen LogP contribution >= 0.6 is 0 Å². The second kappa shape index (κ2) is 7.58. The largest absolute Gasteiger partial charge is 0.479 e. The minimum atomic E-state index is -1.46. The molecule has 2 aliphatic carbocycles. The minimum absolute atomic E-state index is 0.0717. The van der Waals surface area contributed by atoms with Crippen molar-refractivity contribution in [2.75, 3.05) is 6.61 Å². The fourth-order valence-corrected chi connectivity index (χ4v) is 5.05. The Balaban J connectivity index is 1.38. The van der Waals surface area contributed by atoms with E-state index in [1.54, 1.807) is 12.1 Å². The molecule has 0 heterocycles. The number of carboxylic acids is 1. The summed E-state index contributed by atoms with van der Waals surface area (Å²) in [5.74, 6) is -1.13. The second-order valence-corrected chi connectivity index (χ2v) is 8.17. The zero-order chi connectivity index (χ0) is 21.4. The maximum atomic E-state index is 12.8. The smallest absolute Gasteiger partial charge is 0.408 e. The van der Waals surface area contributed by atoms with E-state index in [1.807, 2.05) is 36.4 Å². The molecule has 0 radical (unpaired) electrons. The molecule has 1 amide bonds. The number of carbonyl (C=O) groups excluding carboxylic acids is 1. The van der Waals surface area contributed by atoms with Gasteiger partial charge in [-0.3, -0.25) is 0 Å². The van der Waals surface area contributed by atoms with Crippen molar-refractivity contribution in [1.29, 1.82) is 0 Å². The van der Waals surface area contributed by atoms with Crippen molar-refractivity contribution in [2.24, 2.45) is 0 Å². The molecule has 0 spiro atoms. The van der Waals surface area contributed by atoms with Gasteiger partial charge in [-0.25, -0.2) is 9.59 Å². The van der Waals surface area contributed by atoms with Gasteiger partial charge in [0.15, 0.2) is 5.54 Å². The van der Waals surface area contributed by atoms with Crippen LogP contribution in [-0.2, 0) is 21.5 Å². The number of hydrogen-bond acceptors (Lipinski definition) is 3. The van der Waals surface area contributed by atoms with Gasteiger partial charge in [0.2, 0.25) is 0 Å². The molecule has 0 fully saturated rings. The average molecular weight is 413 g/mol. The molecule has 1 atom stereocenters. The number of alkyl carbamates (subject to hydrolysis) is 1. The van der Waals surface area contributed by atoms with Gasteiger partial charge >= 0.3 is 12.1 Å². The molecule has 31 heavy (non-hydrogen) atoms. The molecule has 2 N–H and O–H groups in total. The highest BCUT2D eigenvalue weighted by molar-refractivity contribution is 5.87. The first-order valence-corrected chi connectivity index (χ1v) is 10.5. The van der Waals surface area contributed by atoms with Crippen molar-refractivity contribution in [3.05, 3.63) is 95.1 Å². The number of rotatable bonds is 4. The molecule has 0 aromatic heterocycles. The molecule has 2 aliphatic rings. The molecular weight excluding hydrogens is 390 g/mol. The molecule has 3 aromatic carbocycles. The molecule has 0 bridgehead atoms. The van der Waals surface area contributed by atoms with E-state index in [9.17, 15) is 14.7 Å². The predicted octanol–water partition coefficient (Wildman–Crippen LogP) is 4.84. The van der Waals surface area contributed by atoms with E-state index in [-0.39, 0.29) is 12.5 Å². The third-order valence-electron chi connectivity index (χ3n) is 6.50. The summed E-state index contributed by atoms with van der Waals surface area (Å²) in [6.45, 7) is 0.150. The first-order valence-electron chi connectivity index (χ1n) is 10.5. The van der Waals surface area contributed by atoms with Gasteiger partial charge in [0.1, 0.15) is 6.61 Å². The molecular formula is C26H23NO4. The lowest BCUT2D eigenvalue weighted by molar-refractivity contribution is -0.145. The molecule has 156 valence electrons. The van der Waals surface area contributed by atoms with Gasteiger partial charge in [0.05, 0.1) is 0 Å². The monoisotopic (exact) mass is 413 g/mol. The number of ether oxygens (including phenoxy) is 1. The van der Waals surface area contributed by atoms with Crippen LogP contribution in [0, 0.1) is 0 Å². The van der Waals surface area contributed by atoms with Crippen molar-refractivity contribution in [1.82, 2.24) is 5.32 Å². The minimum Gasteiger partial charge on any atom is -0.479 e. The summed E-state index contributed by atoms with van der Waals surface area (Å²) in [5.41, 5.74) is 4.67. The van der Waals surface area contributed by atoms with Crippen molar-refractivity contribution < 1.29 is 19.4 Å². The number of nitrogens with one attached hydrogen (secondary N) is 1. The molecule has 0 unspecified atom stereocenters. The van der Waals surface area contributed by atoms with E-state index in [1.165, 1.54) is 0 Å². The predicted molar refractivity (Wildman–Crippen MR) is 117 cm³/mol. The number of aryl methyl sites for hydroxylation is 1. The Morgan fingerprint density at radius 3 is 2.23 bits per heavy atom. The zero-order valence-corrected chi connectivity index (χ0v) is 17.0. The molecule has 3 aromatic rings. The zero-order valence-electron chi connectivity index (χ0n) is 17.0. The van der Waals surface area contributed by atoms with Crippen LogP contribution in [0.15, 0.2) is 72.8 Å². The number of hydrogen-bond donors (Lipinski definition) is 2. The summed E-state index contributed by atoms with van der Waals surface area (Å²) in [6, 6.07) is 23.6. The highest BCUT2D eigenvalue weighted by Crippen LogP contribution is 2.44. The summed E-state index contributed by atoms with van der Waals surface area (Å²) >= 11 is 0. The summed E-state index contributed by atoms with van der Waals surface area (Å²) < 4.78 is 5.62. The number of fused-ring (bicyclic) bond motifs is 4. The van der Waals surface area contributed by atoms with Gasteiger partial charge in [-0.2, -0.15) is 0 Å². The fraction of sp³-hybridized carbons (Fsp3) is 0.231. The number of carboxylic acid groups (broad SMARTS) is 1. The Morgan fingerprint density at radius 1 is 0.935 bits per heavy atom. The van der Waals surface area contributed by atoms with Crippen LogP contribution in [0.25, 0.3) is 11.1 Å². The maximum absolute atomic E-state index is 12.8. The van der Waals surface area contributed by atoms with Crippen molar-refractivity contribution in [2.45, 2.75) is 30.7 Å². The van der Waals surface area contributed by atoms with Crippen LogP contribution in [0.2, 0.25) is 0 Å². The van der Waals surface area contributed by atoms with Gasteiger partial charge in [-0.05, 0) is 52.6 Å². The average Bonchev–Trinajstić information content (AvgIpc) is 3.11. The van der Waals surface area contributed by atoms with E-state index >= 15 is 0 Å². The van der Waals surface area contributed by atoms with E-state index in [0.717, 1.165) is 34.2 Å². The van der Waals surface area contributed by atoms with Crippen molar-refractivity contribution in [3.8, 4) is 11.1 Å². The van der Waals surface area contributed by atoms with Crippen molar-refractivity contribution in [3.63, 3.8) is 0 Å². The Hall–Kier alpha value is -3.60. The van der Waals surface area contributed by atoms with Crippen molar-refractivity contribution >= 4 is 12.1 Å².